The highest BCUT2D eigenvalue weighted by atomic mass is 16.5. The molecule has 1 aromatic rings. The van der Waals surface area contributed by atoms with Crippen LogP contribution in [0.4, 0.5) is 0 Å². The van der Waals surface area contributed by atoms with Gasteiger partial charge in [-0.3, -0.25) is 4.79 Å². The molecule has 0 spiro atoms. The molecule has 0 aliphatic carbocycles. The first-order valence-electron chi connectivity index (χ1n) is 7.93. The van der Waals surface area contributed by atoms with Gasteiger partial charge >= 0.3 is 0 Å². The molecule has 0 N–H and O–H groups in total. The third-order valence-electron chi connectivity index (χ3n) is 4.30. The molecule has 4 heteroatoms. The molecule has 0 radical (unpaired) electrons. The van der Waals surface area contributed by atoms with Gasteiger partial charge in [0.15, 0.2) is 5.71 Å². The van der Waals surface area contributed by atoms with Crippen LogP contribution in [0.5, 0.6) is 5.75 Å². The summed E-state index contributed by atoms with van der Waals surface area (Å²) in [5, 5.41) is 1.78. The van der Waals surface area contributed by atoms with E-state index in [1.165, 1.54) is 5.71 Å². The SMILES string of the molecule is COc1ccc(C2CC(=O)N(C)[N+]2=C(C(C)C)C(C)C)cc1. The Labute approximate surface area is 133 Å². The van der Waals surface area contributed by atoms with Crippen molar-refractivity contribution in [1.82, 2.24) is 5.01 Å². The normalized spacial score (nSPS) is 18.5. The van der Waals surface area contributed by atoms with Crippen LogP contribution >= 0.6 is 0 Å². The molecule has 22 heavy (non-hydrogen) atoms. The number of carbonyl (C=O) groups excluding carboxylic acids is 1. The van der Waals surface area contributed by atoms with E-state index in [1.54, 1.807) is 12.1 Å². The maximum absolute atomic E-state index is 12.3. The summed E-state index contributed by atoms with van der Waals surface area (Å²) in [5.41, 5.74) is 2.45. The monoisotopic (exact) mass is 303 g/mol. The summed E-state index contributed by atoms with van der Waals surface area (Å²) in [6.45, 7) is 8.77. The molecular weight excluding hydrogens is 276 g/mol. The highest BCUT2D eigenvalue weighted by molar-refractivity contribution is 5.85. The van der Waals surface area contributed by atoms with Crippen molar-refractivity contribution in [3.8, 4) is 5.75 Å². The fraction of sp³-hybridized carbons (Fsp3) is 0.556. The smallest absolute Gasteiger partial charge is 0.284 e. The summed E-state index contributed by atoms with van der Waals surface area (Å²) in [5.74, 6) is 1.80. The fourth-order valence-electron chi connectivity index (χ4n) is 3.35. The molecule has 1 fully saturated rings. The van der Waals surface area contributed by atoms with Gasteiger partial charge in [-0.25, -0.2) is 0 Å². The molecule has 0 aromatic heterocycles. The summed E-state index contributed by atoms with van der Waals surface area (Å²) < 4.78 is 7.42. The zero-order chi connectivity index (χ0) is 16.4. The highest BCUT2D eigenvalue weighted by Gasteiger charge is 2.44. The molecule has 0 bridgehead atoms. The Morgan fingerprint density at radius 3 is 2.18 bits per heavy atom. The van der Waals surface area contributed by atoms with Crippen LogP contribution in [0.15, 0.2) is 24.3 Å². The van der Waals surface area contributed by atoms with Crippen molar-refractivity contribution in [3.63, 3.8) is 0 Å². The Kier molecular flexibility index (Phi) is 4.89. The zero-order valence-corrected chi connectivity index (χ0v) is 14.5. The molecule has 1 aliphatic heterocycles. The van der Waals surface area contributed by atoms with Gasteiger partial charge in [0.1, 0.15) is 12.2 Å². The Bertz CT molecular complexity index is 563. The average molecular weight is 303 g/mol. The number of methoxy groups -OCH3 is 1. The van der Waals surface area contributed by atoms with Gasteiger partial charge < -0.3 is 4.74 Å². The van der Waals surface area contributed by atoms with E-state index in [0.29, 0.717) is 18.3 Å². The lowest BCUT2D eigenvalue weighted by atomic mass is 9.95. The molecule has 0 saturated carbocycles. The predicted molar refractivity (Wildman–Crippen MR) is 88.1 cm³/mol. The van der Waals surface area contributed by atoms with Crippen molar-refractivity contribution in [1.29, 1.82) is 0 Å². The Balaban J connectivity index is 2.52. The first-order chi connectivity index (χ1) is 10.4. The van der Waals surface area contributed by atoms with E-state index in [4.69, 9.17) is 4.74 Å². The summed E-state index contributed by atoms with van der Waals surface area (Å²) >= 11 is 0. The van der Waals surface area contributed by atoms with Crippen molar-refractivity contribution in [2.45, 2.75) is 40.2 Å². The number of nitrogens with zero attached hydrogens (tertiary/aromatic N) is 2. The summed E-state index contributed by atoms with van der Waals surface area (Å²) in [6, 6.07) is 8.10. The second-order valence-corrected chi connectivity index (χ2v) is 6.49. The van der Waals surface area contributed by atoms with Gasteiger partial charge in [0.25, 0.3) is 5.91 Å². The number of hydrazine groups is 1. The van der Waals surface area contributed by atoms with Crippen LogP contribution in [0.25, 0.3) is 0 Å². The van der Waals surface area contributed by atoms with E-state index in [9.17, 15) is 4.79 Å². The predicted octanol–water partition coefficient (Wildman–Crippen LogP) is 3.28. The van der Waals surface area contributed by atoms with Gasteiger partial charge in [0, 0.05) is 17.4 Å². The quantitative estimate of drug-likeness (QED) is 0.800. The minimum atomic E-state index is 0.0724. The molecule has 1 aromatic carbocycles. The number of carbonyl (C=O) groups is 1. The van der Waals surface area contributed by atoms with Gasteiger partial charge in [0.05, 0.1) is 14.2 Å². The molecule has 1 atom stereocenters. The molecule has 2 rings (SSSR count). The molecule has 4 nitrogen and oxygen atoms in total. The minimum Gasteiger partial charge on any atom is -0.497 e. The number of ether oxygens (including phenoxy) is 1. The van der Waals surface area contributed by atoms with Crippen LogP contribution in [0.2, 0.25) is 0 Å². The summed E-state index contributed by atoms with van der Waals surface area (Å²) in [4.78, 5) is 12.3. The van der Waals surface area contributed by atoms with Gasteiger partial charge in [-0.15, -0.1) is 9.69 Å². The molecule has 1 heterocycles. The molecule has 1 aliphatic rings. The maximum atomic E-state index is 12.3. The summed E-state index contributed by atoms with van der Waals surface area (Å²) in [7, 11) is 3.54. The number of rotatable bonds is 4. The van der Waals surface area contributed by atoms with Crippen molar-refractivity contribution in [2.24, 2.45) is 11.8 Å². The number of benzene rings is 1. The largest absolute Gasteiger partial charge is 0.497 e. The zero-order valence-electron chi connectivity index (χ0n) is 14.5. The number of amides is 1. The van der Waals surface area contributed by atoms with Gasteiger partial charge in [-0.2, -0.15) is 0 Å². The second kappa shape index (κ2) is 6.51. The molecule has 1 unspecified atom stereocenters. The topological polar surface area (TPSA) is 32.5 Å². The van der Waals surface area contributed by atoms with E-state index in [-0.39, 0.29) is 11.9 Å². The molecule has 120 valence electrons. The Hall–Kier alpha value is -1.84. The summed E-state index contributed by atoms with van der Waals surface area (Å²) in [6.07, 6.45) is 0.520. The third-order valence-corrected chi connectivity index (χ3v) is 4.30. The number of hydrogen-bond acceptors (Lipinski definition) is 2. The van der Waals surface area contributed by atoms with Crippen molar-refractivity contribution in [3.05, 3.63) is 29.8 Å². The van der Waals surface area contributed by atoms with Crippen LogP contribution < -0.4 is 4.74 Å². The number of hydrazone groups is 1. The fourth-order valence-corrected chi connectivity index (χ4v) is 3.35. The Morgan fingerprint density at radius 2 is 1.73 bits per heavy atom. The van der Waals surface area contributed by atoms with Crippen molar-refractivity contribution < 1.29 is 14.2 Å². The highest BCUT2D eigenvalue weighted by Crippen LogP contribution is 2.31. The van der Waals surface area contributed by atoms with E-state index < -0.39 is 0 Å². The first-order valence-corrected chi connectivity index (χ1v) is 7.93. The maximum Gasteiger partial charge on any atom is 0.284 e. The van der Waals surface area contributed by atoms with E-state index >= 15 is 0 Å². The lowest BCUT2D eigenvalue weighted by Gasteiger charge is -2.19. The Morgan fingerprint density at radius 1 is 1.18 bits per heavy atom. The van der Waals surface area contributed by atoms with Crippen molar-refractivity contribution in [2.75, 3.05) is 14.2 Å². The van der Waals surface area contributed by atoms with E-state index in [2.05, 4.69) is 44.5 Å². The number of hydrogen-bond donors (Lipinski definition) is 0. The molecular formula is C18H27N2O2+. The van der Waals surface area contributed by atoms with Gasteiger partial charge in [-0.1, -0.05) is 27.7 Å². The van der Waals surface area contributed by atoms with Gasteiger partial charge in [-0.05, 0) is 24.3 Å². The minimum absolute atomic E-state index is 0.0724. The standard InChI is InChI=1S/C18H27N2O2/c1-12(2)18(13(3)4)20-16(11-17(21)19(20)5)14-7-9-15(22-6)10-8-14/h7-10,12-13,16H,11H2,1-6H3/q+1. The van der Waals surface area contributed by atoms with E-state index in [1.807, 2.05) is 19.2 Å². The molecule has 1 saturated heterocycles. The lowest BCUT2D eigenvalue weighted by Crippen LogP contribution is -2.38. The average Bonchev–Trinajstić information content (AvgIpc) is 2.75. The van der Waals surface area contributed by atoms with Crippen molar-refractivity contribution >= 4 is 11.6 Å². The van der Waals surface area contributed by atoms with Crippen LogP contribution in [0, 0.1) is 11.8 Å². The van der Waals surface area contributed by atoms with Gasteiger partial charge in [0.2, 0.25) is 6.04 Å². The van der Waals surface area contributed by atoms with Crippen LogP contribution in [0.1, 0.15) is 45.7 Å². The first kappa shape index (κ1) is 16.5. The third kappa shape index (κ3) is 3.01. The van der Waals surface area contributed by atoms with Crippen LogP contribution in [-0.2, 0) is 4.79 Å². The molecule has 1 amide bonds. The van der Waals surface area contributed by atoms with Crippen LogP contribution in [0.3, 0.4) is 0 Å². The lowest BCUT2D eigenvalue weighted by molar-refractivity contribution is -0.686. The van der Waals surface area contributed by atoms with Crippen LogP contribution in [-0.4, -0.2) is 35.5 Å². The second-order valence-electron chi connectivity index (χ2n) is 6.49. The van der Waals surface area contributed by atoms with E-state index in [0.717, 1.165) is 11.3 Å².